The average Bonchev–Trinajstić information content (AvgIpc) is 3.40. The molecule has 1 radical (unpaired) electrons. The summed E-state index contributed by atoms with van der Waals surface area (Å²) in [6, 6.07) is 18.5. The number of rotatable bonds is 11. The van der Waals surface area contributed by atoms with Gasteiger partial charge < -0.3 is 20.1 Å². The molecule has 9 nitrogen and oxygen atoms in total. The Morgan fingerprint density at radius 1 is 1.02 bits per heavy atom. The summed E-state index contributed by atoms with van der Waals surface area (Å²) in [5, 5.41) is 12.0. The smallest absolute Gasteiger partial charge is 0.416 e. The summed E-state index contributed by atoms with van der Waals surface area (Å²) >= 11 is 0. The van der Waals surface area contributed by atoms with E-state index in [-0.39, 0.29) is 57.8 Å². The molecule has 2 saturated heterocycles. The summed E-state index contributed by atoms with van der Waals surface area (Å²) < 4.78 is 45.0. The van der Waals surface area contributed by atoms with Crippen molar-refractivity contribution < 1.29 is 74.9 Å². The molecule has 2 aliphatic heterocycles. The fraction of sp³-hybridized carbons (Fsp3) is 0.273. The number of amides is 3. The molecule has 2 N–H and O–H groups in total. The van der Waals surface area contributed by atoms with Crippen LogP contribution in [-0.2, 0) is 64.6 Å². The van der Waals surface area contributed by atoms with Gasteiger partial charge in [0.2, 0.25) is 11.8 Å². The molecule has 3 amide bonds. The van der Waals surface area contributed by atoms with Crippen LogP contribution >= 0.6 is 0 Å². The number of nitrogens with zero attached hydrogens (tertiary/aromatic N) is 2. The molecule has 237 valence electrons. The molecule has 2 aliphatic rings. The van der Waals surface area contributed by atoms with E-state index < -0.39 is 66.2 Å². The Hall–Kier alpha value is -4.03. The normalized spacial score (nSPS) is 20.1. The van der Waals surface area contributed by atoms with Gasteiger partial charge in [-0.15, -0.1) is 12.1 Å². The minimum Gasteiger partial charge on any atom is -0.481 e. The molecule has 2 fully saturated rings. The molecule has 0 bridgehead atoms. The van der Waals surface area contributed by atoms with Crippen molar-refractivity contribution in [2.24, 2.45) is 0 Å². The monoisotopic (exact) mass is 709 g/mol. The number of ether oxygens (including phenoxy) is 1. The minimum absolute atomic E-state index is 0. The van der Waals surface area contributed by atoms with Crippen LogP contribution in [0.15, 0.2) is 84.9 Å². The Morgan fingerprint density at radius 3 is 2.35 bits per heavy atom. The van der Waals surface area contributed by atoms with Crippen molar-refractivity contribution in [1.82, 2.24) is 15.1 Å². The number of carbonyl (C=O) groups excluding carboxylic acids is 3. The first kappa shape index (κ1) is 34.8. The van der Waals surface area contributed by atoms with Gasteiger partial charge in [0.1, 0.15) is 18.7 Å². The molecular formula is C33H29F3N3O6Y-. The van der Waals surface area contributed by atoms with E-state index >= 15 is 0 Å². The number of carboxylic acids is 1. The van der Waals surface area contributed by atoms with Gasteiger partial charge in [-0.25, -0.2) is 16.9 Å². The average molecular weight is 710 g/mol. The van der Waals surface area contributed by atoms with E-state index in [9.17, 15) is 37.5 Å². The number of cyclic esters (lactones) is 1. The van der Waals surface area contributed by atoms with Crippen LogP contribution in [0.1, 0.15) is 41.1 Å². The zero-order valence-corrected chi connectivity index (χ0v) is 27.2. The Kier molecular flexibility index (Phi) is 11.4. The van der Waals surface area contributed by atoms with Gasteiger partial charge in [-0.3, -0.25) is 19.3 Å². The van der Waals surface area contributed by atoms with Crippen LogP contribution in [0.4, 0.5) is 18.0 Å². The summed E-state index contributed by atoms with van der Waals surface area (Å²) in [5.41, 5.74) is 0.751. The number of hydrogen-bond acceptors (Lipinski definition) is 5. The SMILES string of the molecule is O=C(O)CC[C@@H](C(=O)NCc1cccc(C(F)(F)F)c1)N1C(=O)C(N2C(=O)OC[C@@H]2c2ccccc2)C1[C-]=Cc1ccccc1.[Y]. The molecule has 4 atom stereocenters. The molecule has 0 saturated carbocycles. The second-order valence-electron chi connectivity index (χ2n) is 10.6. The van der Waals surface area contributed by atoms with Gasteiger partial charge in [-0.05, 0) is 29.7 Å². The number of benzene rings is 3. The largest absolute Gasteiger partial charge is 0.481 e. The third-order valence-corrected chi connectivity index (χ3v) is 7.71. The molecule has 13 heteroatoms. The van der Waals surface area contributed by atoms with Crippen LogP contribution in [0.25, 0.3) is 6.08 Å². The molecule has 46 heavy (non-hydrogen) atoms. The third-order valence-electron chi connectivity index (χ3n) is 7.71. The van der Waals surface area contributed by atoms with E-state index in [4.69, 9.17) is 4.74 Å². The molecular weight excluding hydrogens is 680 g/mol. The van der Waals surface area contributed by atoms with E-state index in [0.717, 1.165) is 23.3 Å². The number of nitrogens with one attached hydrogen (secondary N) is 1. The van der Waals surface area contributed by atoms with Gasteiger partial charge in [0, 0.05) is 51.7 Å². The van der Waals surface area contributed by atoms with Crippen LogP contribution in [-0.4, -0.2) is 63.5 Å². The predicted molar refractivity (Wildman–Crippen MR) is 155 cm³/mol. The van der Waals surface area contributed by atoms with Crippen LogP contribution in [0.5, 0.6) is 0 Å². The molecule has 0 spiro atoms. The first-order chi connectivity index (χ1) is 21.5. The topological polar surface area (TPSA) is 116 Å². The van der Waals surface area contributed by atoms with Crippen molar-refractivity contribution in [3.8, 4) is 0 Å². The molecule has 2 unspecified atom stereocenters. The van der Waals surface area contributed by atoms with Gasteiger partial charge in [0.05, 0.1) is 11.6 Å². The number of alkyl halides is 3. The fourth-order valence-electron chi connectivity index (χ4n) is 5.51. The van der Waals surface area contributed by atoms with Crippen molar-refractivity contribution in [2.45, 2.75) is 49.7 Å². The molecule has 0 aliphatic carbocycles. The van der Waals surface area contributed by atoms with E-state index in [0.29, 0.717) is 0 Å². The van der Waals surface area contributed by atoms with Crippen LogP contribution < -0.4 is 5.32 Å². The summed E-state index contributed by atoms with van der Waals surface area (Å²) in [5.74, 6) is -2.57. The maximum Gasteiger partial charge on any atom is 0.416 e. The Balaban J connectivity index is 0.00000480. The van der Waals surface area contributed by atoms with Crippen molar-refractivity contribution in [3.63, 3.8) is 0 Å². The first-order valence-corrected chi connectivity index (χ1v) is 14.2. The number of β-lactam (4-membered cyclic amide) rings is 1. The van der Waals surface area contributed by atoms with E-state index in [1.165, 1.54) is 21.9 Å². The number of aliphatic carboxylic acids is 1. The standard InChI is InChI=1S/C33H29F3N3O6.Y/c34-33(35,36)24-13-7-10-22(18-24)19-37-30(42)26(16-17-28(40)41)38-25(15-14-21-8-3-1-4-9-21)29(31(38)43)39-27(20-45-32(39)44)23-11-5-2-6-12-23;/h1-14,18,25-27,29H,16-17,19-20H2,(H,37,42)(H,40,41);/q-1;/t25?,26-,27+,29?;/m0./s1. The van der Waals surface area contributed by atoms with Gasteiger partial charge in [-0.2, -0.15) is 18.7 Å². The predicted octanol–water partition coefficient (Wildman–Crippen LogP) is 4.84. The summed E-state index contributed by atoms with van der Waals surface area (Å²) in [6.45, 7) is -0.289. The zero-order chi connectivity index (χ0) is 32.1. The minimum atomic E-state index is -4.58. The quantitative estimate of drug-likeness (QED) is 0.218. The number of carbonyl (C=O) groups is 4. The Labute approximate surface area is 288 Å². The number of hydrogen-bond donors (Lipinski definition) is 2. The summed E-state index contributed by atoms with van der Waals surface area (Å²) in [4.78, 5) is 54.4. The fourth-order valence-corrected chi connectivity index (χ4v) is 5.51. The molecule has 2 heterocycles. The van der Waals surface area contributed by atoms with E-state index in [1.807, 2.05) is 12.1 Å². The van der Waals surface area contributed by atoms with Crippen LogP contribution in [0.3, 0.4) is 0 Å². The molecule has 5 rings (SSSR count). The number of halogens is 3. The summed E-state index contributed by atoms with van der Waals surface area (Å²) in [7, 11) is 0. The Bertz CT molecular complexity index is 1590. The van der Waals surface area contributed by atoms with Gasteiger partial charge in [-0.1, -0.05) is 60.7 Å². The first-order valence-electron chi connectivity index (χ1n) is 14.2. The maximum atomic E-state index is 13.9. The summed E-state index contributed by atoms with van der Waals surface area (Å²) in [6.07, 6.45) is -1.29. The molecule has 0 aromatic heterocycles. The number of likely N-dealkylation sites (tertiary alicyclic amines) is 1. The van der Waals surface area contributed by atoms with Crippen molar-refractivity contribution in [2.75, 3.05) is 6.61 Å². The Morgan fingerprint density at radius 2 is 1.70 bits per heavy atom. The van der Waals surface area contributed by atoms with Gasteiger partial charge >= 0.3 is 18.2 Å². The third kappa shape index (κ3) is 7.85. The van der Waals surface area contributed by atoms with Crippen LogP contribution in [0.2, 0.25) is 0 Å². The molecule has 3 aromatic carbocycles. The van der Waals surface area contributed by atoms with E-state index in [1.54, 1.807) is 54.6 Å². The van der Waals surface area contributed by atoms with Gasteiger partial charge in [0.25, 0.3) is 0 Å². The second kappa shape index (κ2) is 15.0. The van der Waals surface area contributed by atoms with Crippen molar-refractivity contribution >= 4 is 30.0 Å². The second-order valence-corrected chi connectivity index (χ2v) is 10.6. The van der Waals surface area contributed by atoms with Crippen molar-refractivity contribution in [3.05, 3.63) is 113 Å². The van der Waals surface area contributed by atoms with E-state index in [2.05, 4.69) is 11.4 Å². The maximum absolute atomic E-state index is 13.9. The van der Waals surface area contributed by atoms with Gasteiger partial charge in [0.15, 0.2) is 0 Å². The zero-order valence-electron chi connectivity index (χ0n) is 24.4. The van der Waals surface area contributed by atoms with Crippen molar-refractivity contribution in [1.29, 1.82) is 0 Å². The van der Waals surface area contributed by atoms with Crippen LogP contribution in [0, 0.1) is 6.08 Å². The number of carboxylic acid groups (broad SMARTS) is 1. The molecule has 3 aromatic rings.